The monoisotopic (exact) mass is 415 g/mol. The van der Waals surface area contributed by atoms with Crippen molar-refractivity contribution in [2.45, 2.75) is 18.9 Å². The molecule has 5 nitrogen and oxygen atoms in total. The Morgan fingerprint density at radius 2 is 1.88 bits per heavy atom. The predicted octanol–water partition coefficient (Wildman–Crippen LogP) is 4.56. The van der Waals surface area contributed by atoms with Crippen molar-refractivity contribution in [3.05, 3.63) is 52.5 Å². The summed E-state index contributed by atoms with van der Waals surface area (Å²) in [4.78, 5) is 4.52. The maximum Gasteiger partial charge on any atom is 0.257 e. The maximum atomic E-state index is 13.9. The summed E-state index contributed by atoms with van der Waals surface area (Å²) >= 11 is 3.29. The van der Waals surface area contributed by atoms with Gasteiger partial charge in [0.25, 0.3) is 5.78 Å². The van der Waals surface area contributed by atoms with Crippen LogP contribution in [0.1, 0.15) is 12.8 Å². The van der Waals surface area contributed by atoms with Crippen LogP contribution in [0.5, 0.6) is 0 Å². The molecule has 0 radical (unpaired) electrons. The molecule has 130 valence electrons. The van der Waals surface area contributed by atoms with Crippen LogP contribution in [0.15, 0.2) is 40.9 Å². The second kappa shape index (κ2) is 5.70. The Balaban J connectivity index is 1.82. The predicted molar refractivity (Wildman–Crippen MR) is 98.0 cm³/mol. The van der Waals surface area contributed by atoms with Crippen molar-refractivity contribution in [3.8, 4) is 11.4 Å². The minimum absolute atomic E-state index is 0.347. The van der Waals surface area contributed by atoms with Crippen molar-refractivity contribution in [1.29, 1.82) is 0 Å². The fraction of sp³-hybridized carbons (Fsp3) is 0.167. The third kappa shape index (κ3) is 2.61. The topological polar surface area (TPSA) is 55.1 Å². The molecule has 4 aromatic rings. The van der Waals surface area contributed by atoms with Gasteiger partial charge in [0, 0.05) is 21.5 Å². The van der Waals surface area contributed by atoms with Gasteiger partial charge >= 0.3 is 0 Å². The van der Waals surface area contributed by atoms with Crippen molar-refractivity contribution < 1.29 is 8.78 Å². The van der Waals surface area contributed by atoms with Crippen LogP contribution in [0.25, 0.3) is 28.1 Å². The van der Waals surface area contributed by atoms with Crippen LogP contribution < -0.4 is 5.32 Å². The lowest BCUT2D eigenvalue weighted by Crippen LogP contribution is -2.06. The van der Waals surface area contributed by atoms with Gasteiger partial charge < -0.3 is 5.32 Å². The van der Waals surface area contributed by atoms with Crippen LogP contribution in [-0.2, 0) is 0 Å². The van der Waals surface area contributed by atoms with Crippen molar-refractivity contribution in [2.24, 2.45) is 0 Å². The summed E-state index contributed by atoms with van der Waals surface area (Å²) in [6, 6.07) is 9.36. The maximum absolute atomic E-state index is 13.9. The summed E-state index contributed by atoms with van der Waals surface area (Å²) in [6.07, 6.45) is 2.14. The van der Waals surface area contributed by atoms with Crippen LogP contribution >= 0.6 is 15.9 Å². The summed E-state index contributed by atoms with van der Waals surface area (Å²) in [5, 5.41) is 12.3. The summed E-state index contributed by atoms with van der Waals surface area (Å²) in [6.45, 7) is 0. The van der Waals surface area contributed by atoms with Crippen molar-refractivity contribution in [3.63, 3.8) is 0 Å². The Kier molecular flexibility index (Phi) is 3.43. The molecule has 0 unspecified atom stereocenters. The van der Waals surface area contributed by atoms with Gasteiger partial charge in [0.2, 0.25) is 0 Å². The minimum atomic E-state index is -0.388. The van der Waals surface area contributed by atoms with Gasteiger partial charge in [-0.15, -0.1) is 10.2 Å². The molecule has 2 heterocycles. The largest absolute Gasteiger partial charge is 0.367 e. The number of aromatic nitrogens is 4. The zero-order valence-corrected chi connectivity index (χ0v) is 15.0. The first-order valence-electron chi connectivity index (χ1n) is 8.16. The number of nitrogens with zero attached hydrogens (tertiary/aromatic N) is 4. The molecule has 0 bridgehead atoms. The smallest absolute Gasteiger partial charge is 0.257 e. The molecule has 2 aromatic heterocycles. The molecule has 0 amide bonds. The zero-order valence-electron chi connectivity index (χ0n) is 13.4. The quantitative estimate of drug-likeness (QED) is 0.532. The second-order valence-corrected chi connectivity index (χ2v) is 7.27. The molecule has 1 fully saturated rings. The lowest BCUT2D eigenvalue weighted by molar-refractivity contribution is 0.627. The van der Waals surface area contributed by atoms with E-state index in [2.05, 4.69) is 36.4 Å². The van der Waals surface area contributed by atoms with Crippen LogP contribution in [-0.4, -0.2) is 25.6 Å². The van der Waals surface area contributed by atoms with Crippen LogP contribution in [0.2, 0.25) is 0 Å². The van der Waals surface area contributed by atoms with Crippen LogP contribution in [0.3, 0.4) is 0 Å². The molecule has 1 aliphatic rings. The molecule has 0 atom stereocenters. The molecular formula is C18H12BrF2N5. The average Bonchev–Trinajstić information content (AvgIpc) is 3.30. The number of hydrogen-bond donors (Lipinski definition) is 1. The Morgan fingerprint density at radius 3 is 2.65 bits per heavy atom. The zero-order chi connectivity index (χ0) is 17.8. The molecule has 2 aromatic carbocycles. The summed E-state index contributed by atoms with van der Waals surface area (Å²) < 4.78 is 30.0. The van der Waals surface area contributed by atoms with E-state index in [9.17, 15) is 8.78 Å². The van der Waals surface area contributed by atoms with E-state index in [4.69, 9.17) is 0 Å². The summed E-state index contributed by atoms with van der Waals surface area (Å²) in [5.74, 6) is 0.681. The van der Waals surface area contributed by atoms with E-state index in [0.29, 0.717) is 44.4 Å². The molecular weight excluding hydrogens is 404 g/mol. The lowest BCUT2D eigenvalue weighted by atomic mass is 10.2. The van der Waals surface area contributed by atoms with E-state index >= 15 is 0 Å². The third-order valence-electron chi connectivity index (χ3n) is 4.35. The summed E-state index contributed by atoms with van der Waals surface area (Å²) in [7, 11) is 0. The Hall–Kier alpha value is -2.61. The van der Waals surface area contributed by atoms with Gasteiger partial charge in [-0.25, -0.2) is 8.78 Å². The average molecular weight is 416 g/mol. The van der Waals surface area contributed by atoms with Gasteiger partial charge in [-0.05, 0) is 49.2 Å². The van der Waals surface area contributed by atoms with Gasteiger partial charge in [-0.1, -0.05) is 15.9 Å². The molecule has 0 aliphatic heterocycles. The molecule has 1 aliphatic carbocycles. The molecule has 5 rings (SSSR count). The molecule has 26 heavy (non-hydrogen) atoms. The number of anilines is 1. The van der Waals surface area contributed by atoms with Gasteiger partial charge in [0.05, 0.1) is 5.52 Å². The van der Waals surface area contributed by atoms with Crippen LogP contribution in [0, 0.1) is 11.6 Å². The van der Waals surface area contributed by atoms with E-state index in [-0.39, 0.29) is 11.6 Å². The Morgan fingerprint density at radius 1 is 1.04 bits per heavy atom. The van der Waals surface area contributed by atoms with E-state index < -0.39 is 0 Å². The van der Waals surface area contributed by atoms with E-state index in [0.717, 1.165) is 12.8 Å². The normalized spacial score (nSPS) is 14.3. The van der Waals surface area contributed by atoms with Crippen molar-refractivity contribution in [2.75, 3.05) is 5.32 Å². The standard InChI is InChI=1S/C18H12BrF2N5/c19-10-5-9(6-12(21)7-10)17-24-25-18-23-16(22-13-2-3-13)14-8-11(20)1-4-15(14)26(17)18/h1,4-8,13H,2-3H2,(H,22,23,25). The first-order valence-corrected chi connectivity index (χ1v) is 8.95. The van der Waals surface area contributed by atoms with Gasteiger partial charge in [0.1, 0.15) is 17.5 Å². The highest BCUT2D eigenvalue weighted by Gasteiger charge is 2.24. The highest BCUT2D eigenvalue weighted by Crippen LogP contribution is 2.32. The first-order chi connectivity index (χ1) is 12.6. The number of nitrogens with one attached hydrogen (secondary N) is 1. The highest BCUT2D eigenvalue weighted by molar-refractivity contribution is 9.10. The molecule has 1 saturated carbocycles. The number of rotatable bonds is 3. The number of hydrogen-bond acceptors (Lipinski definition) is 4. The molecule has 0 saturated heterocycles. The SMILES string of the molecule is Fc1cc(Br)cc(-c2nnc3nc(NC4CC4)c4cc(F)ccc4n23)c1. The molecule has 8 heteroatoms. The Labute approximate surface area is 155 Å². The number of fused-ring (bicyclic) bond motifs is 3. The van der Waals surface area contributed by atoms with Crippen LogP contribution in [0.4, 0.5) is 14.6 Å². The number of halogens is 3. The lowest BCUT2D eigenvalue weighted by Gasteiger charge is -2.11. The third-order valence-corrected chi connectivity index (χ3v) is 4.81. The fourth-order valence-corrected chi connectivity index (χ4v) is 3.49. The summed E-state index contributed by atoms with van der Waals surface area (Å²) in [5.41, 5.74) is 1.26. The van der Waals surface area contributed by atoms with Gasteiger partial charge in [-0.3, -0.25) is 4.40 Å². The van der Waals surface area contributed by atoms with Gasteiger partial charge in [0.15, 0.2) is 5.82 Å². The minimum Gasteiger partial charge on any atom is -0.367 e. The van der Waals surface area contributed by atoms with E-state index in [1.165, 1.54) is 24.3 Å². The fourth-order valence-electron chi connectivity index (χ4n) is 3.02. The molecule has 1 N–H and O–H groups in total. The van der Waals surface area contributed by atoms with E-state index in [1.807, 2.05) is 0 Å². The second-order valence-electron chi connectivity index (χ2n) is 6.36. The van der Waals surface area contributed by atoms with Gasteiger partial charge in [-0.2, -0.15) is 4.98 Å². The van der Waals surface area contributed by atoms with Crippen molar-refractivity contribution >= 4 is 38.4 Å². The first kappa shape index (κ1) is 15.6. The number of benzene rings is 2. The van der Waals surface area contributed by atoms with Crippen molar-refractivity contribution in [1.82, 2.24) is 19.6 Å². The molecule has 0 spiro atoms. The Bertz CT molecular complexity index is 1150. The van der Waals surface area contributed by atoms with E-state index in [1.54, 1.807) is 16.5 Å². The highest BCUT2D eigenvalue weighted by atomic mass is 79.9.